The monoisotopic (exact) mass is 270 g/mol. The average Bonchev–Trinajstić information content (AvgIpc) is 2.24. The fraction of sp³-hybridized carbons (Fsp3) is 0.714. The Balaban J connectivity index is -0.0000000263. The second kappa shape index (κ2) is 87.8. The molecule has 13 heavy (non-hydrogen) atoms. The number of nitrogens with zero attached hydrogens (tertiary/aromatic N) is 1. The van der Waals surface area contributed by atoms with Crippen LogP contribution in [0.3, 0.4) is 0 Å². The fourth-order valence-corrected chi connectivity index (χ4v) is 0.125. The summed E-state index contributed by atoms with van der Waals surface area (Å²) < 4.78 is 0. The summed E-state index contributed by atoms with van der Waals surface area (Å²) in [4.78, 5) is 12.5. The molecule has 0 bridgehead atoms. The first-order valence-corrected chi connectivity index (χ1v) is 3.09. The van der Waals surface area contributed by atoms with Gasteiger partial charge >= 0.3 is 0 Å². The molecule has 0 rings (SSSR count). The fourth-order valence-electron chi connectivity index (χ4n) is 0.125. The number of carbonyl (C=O) groups excluding carboxylic acids is 1. The number of aliphatic hydroxyl groups excluding tert-OH is 3. The van der Waals surface area contributed by atoms with Crippen LogP contribution in [-0.4, -0.2) is 49.3 Å². The molecule has 0 spiro atoms. The summed E-state index contributed by atoms with van der Waals surface area (Å²) in [6.07, 6.45) is 2.08. The number of aliphatic imine (C=N–C) groups is 1. The quantitative estimate of drug-likeness (QED) is 0.354. The minimum absolute atomic E-state index is 0. The van der Waals surface area contributed by atoms with Crippen LogP contribution < -0.4 is 0 Å². The third-order valence-corrected chi connectivity index (χ3v) is 0.334. The summed E-state index contributed by atoms with van der Waals surface area (Å²) in [6.45, 7) is 3.95. The van der Waals surface area contributed by atoms with Gasteiger partial charge in [0.2, 0.25) is 6.08 Å². The molecule has 0 aliphatic rings. The van der Waals surface area contributed by atoms with E-state index >= 15 is 0 Å². The molecule has 0 saturated carbocycles. The molecule has 0 aromatic rings. The standard InChI is InChI=1S/C4H6NO.3CH4O.Zr/c1-2-3-5-4-6;3*1-2;/h1-3H2;3*2H,1H3;/q-1;;;;. The van der Waals surface area contributed by atoms with Crippen molar-refractivity contribution in [1.82, 2.24) is 0 Å². The molecule has 0 atom stereocenters. The van der Waals surface area contributed by atoms with Crippen molar-refractivity contribution in [2.24, 2.45) is 4.99 Å². The number of hydrogen-bond donors (Lipinski definition) is 3. The first-order chi connectivity index (χ1) is 5.91. The summed E-state index contributed by atoms with van der Waals surface area (Å²) >= 11 is 0. The minimum atomic E-state index is 0. The van der Waals surface area contributed by atoms with Crippen LogP contribution in [0.5, 0.6) is 0 Å². The molecule has 0 radical (unpaired) electrons. The van der Waals surface area contributed by atoms with E-state index in [2.05, 4.69) is 11.9 Å². The van der Waals surface area contributed by atoms with Gasteiger partial charge in [0.1, 0.15) is 0 Å². The van der Waals surface area contributed by atoms with Gasteiger partial charge in [0.05, 0.1) is 0 Å². The van der Waals surface area contributed by atoms with Gasteiger partial charge in [0, 0.05) is 54.1 Å². The first kappa shape index (κ1) is 29.2. The molecule has 80 valence electrons. The zero-order valence-electron chi connectivity index (χ0n) is 8.32. The van der Waals surface area contributed by atoms with Crippen molar-refractivity contribution in [2.45, 2.75) is 6.42 Å². The van der Waals surface area contributed by atoms with E-state index in [9.17, 15) is 4.79 Å². The van der Waals surface area contributed by atoms with Crippen molar-refractivity contribution in [3.63, 3.8) is 0 Å². The summed E-state index contributed by atoms with van der Waals surface area (Å²) in [6, 6.07) is 0. The van der Waals surface area contributed by atoms with E-state index in [1.54, 1.807) is 0 Å². The van der Waals surface area contributed by atoms with Crippen molar-refractivity contribution < 1.29 is 46.3 Å². The Hall–Kier alpha value is 0.143. The van der Waals surface area contributed by atoms with E-state index in [1.807, 2.05) is 0 Å². The van der Waals surface area contributed by atoms with Crippen LogP contribution >= 0.6 is 0 Å². The van der Waals surface area contributed by atoms with E-state index in [0.717, 1.165) is 21.3 Å². The second-order valence-electron chi connectivity index (χ2n) is 0.827. The van der Waals surface area contributed by atoms with Crippen molar-refractivity contribution in [1.29, 1.82) is 0 Å². The molecule has 5 nitrogen and oxygen atoms in total. The van der Waals surface area contributed by atoms with Crippen molar-refractivity contribution in [3.05, 3.63) is 6.92 Å². The maximum atomic E-state index is 9.24. The molecule has 0 unspecified atom stereocenters. The number of isocyanates is 1. The van der Waals surface area contributed by atoms with E-state index in [0.29, 0.717) is 13.0 Å². The molecule has 0 aliphatic heterocycles. The van der Waals surface area contributed by atoms with Gasteiger partial charge in [-0.2, -0.15) is 6.42 Å². The Labute approximate surface area is 98.6 Å². The van der Waals surface area contributed by atoms with Crippen LogP contribution in [0.15, 0.2) is 4.99 Å². The maximum absolute atomic E-state index is 9.24. The van der Waals surface area contributed by atoms with Crippen LogP contribution in [-0.2, 0) is 31.0 Å². The molecule has 0 aliphatic carbocycles. The van der Waals surface area contributed by atoms with Gasteiger partial charge < -0.3 is 22.2 Å². The Morgan fingerprint density at radius 1 is 1.15 bits per heavy atom. The molecule has 3 N–H and O–H groups in total. The Morgan fingerprint density at radius 2 is 1.46 bits per heavy atom. The molecule has 0 amide bonds. The SMILES string of the molecule is CO.CO.CO.[CH2-]CCN=C=O.[Zr]. The molecular formula is C7H18NO4Zr-. The zero-order valence-corrected chi connectivity index (χ0v) is 10.8. The van der Waals surface area contributed by atoms with Crippen LogP contribution in [0.1, 0.15) is 6.42 Å². The molecule has 6 heteroatoms. The molecule has 0 aromatic carbocycles. The van der Waals surface area contributed by atoms with E-state index < -0.39 is 0 Å². The third-order valence-electron chi connectivity index (χ3n) is 0.334. The molecule has 0 aromatic heterocycles. The summed E-state index contributed by atoms with van der Waals surface area (Å²) in [7, 11) is 3.00. The normalized spacial score (nSPS) is 4.54. The molecule has 0 saturated heterocycles. The summed E-state index contributed by atoms with van der Waals surface area (Å²) in [5, 5.41) is 21.0. The van der Waals surface area contributed by atoms with Crippen molar-refractivity contribution >= 4 is 6.08 Å². The van der Waals surface area contributed by atoms with Gasteiger partial charge in [-0.25, -0.2) is 9.79 Å². The predicted molar refractivity (Wildman–Crippen MR) is 47.4 cm³/mol. The van der Waals surface area contributed by atoms with Crippen LogP contribution in [0.25, 0.3) is 0 Å². The van der Waals surface area contributed by atoms with Gasteiger partial charge in [0.15, 0.2) is 0 Å². The van der Waals surface area contributed by atoms with Gasteiger partial charge in [0.25, 0.3) is 0 Å². The first-order valence-electron chi connectivity index (χ1n) is 3.09. The van der Waals surface area contributed by atoms with Crippen LogP contribution in [0.4, 0.5) is 0 Å². The van der Waals surface area contributed by atoms with Gasteiger partial charge in [-0.15, -0.1) is 0 Å². The van der Waals surface area contributed by atoms with Crippen LogP contribution in [0.2, 0.25) is 0 Å². The van der Waals surface area contributed by atoms with Crippen molar-refractivity contribution in [2.75, 3.05) is 27.9 Å². The third kappa shape index (κ3) is 126. The van der Waals surface area contributed by atoms with Gasteiger partial charge in [-0.05, 0) is 0 Å². The second-order valence-corrected chi connectivity index (χ2v) is 0.827. The molecule has 0 heterocycles. The largest absolute Gasteiger partial charge is 0.400 e. The van der Waals surface area contributed by atoms with E-state index in [-0.39, 0.29) is 26.2 Å². The predicted octanol–water partition coefficient (Wildman–Crippen LogP) is -0.631. The number of aliphatic hydroxyl groups is 3. The maximum Gasteiger partial charge on any atom is 0.234 e. The Kier molecular flexibility index (Phi) is 197. The zero-order chi connectivity index (χ0) is 10.8. The van der Waals surface area contributed by atoms with Crippen molar-refractivity contribution in [3.8, 4) is 0 Å². The smallest absolute Gasteiger partial charge is 0.234 e. The average molecular weight is 271 g/mol. The summed E-state index contributed by atoms with van der Waals surface area (Å²) in [5.41, 5.74) is 0. The van der Waals surface area contributed by atoms with E-state index in [1.165, 1.54) is 6.08 Å². The number of rotatable bonds is 2. The molecule has 0 fully saturated rings. The van der Waals surface area contributed by atoms with E-state index in [4.69, 9.17) is 15.3 Å². The Morgan fingerprint density at radius 3 is 1.54 bits per heavy atom. The van der Waals surface area contributed by atoms with Crippen LogP contribution in [0, 0.1) is 6.92 Å². The number of hydrogen-bond acceptors (Lipinski definition) is 5. The Bertz CT molecular complexity index is 76.9. The van der Waals surface area contributed by atoms with Gasteiger partial charge in [-0.3, -0.25) is 0 Å². The van der Waals surface area contributed by atoms with Gasteiger partial charge in [-0.1, -0.05) is 0 Å². The minimum Gasteiger partial charge on any atom is -0.400 e. The summed E-state index contributed by atoms with van der Waals surface area (Å²) in [5.74, 6) is 0. The molecular weight excluding hydrogens is 253 g/mol. The topological polar surface area (TPSA) is 90.1 Å².